The zero-order chi connectivity index (χ0) is 25.3. The number of hydrogen-bond acceptors (Lipinski definition) is 6. The van der Waals surface area contributed by atoms with Gasteiger partial charge in [-0.25, -0.2) is 18.4 Å². The number of fused-ring (bicyclic) bond motifs is 1. The molecule has 0 unspecified atom stereocenters. The van der Waals surface area contributed by atoms with Crippen LogP contribution in [0, 0.1) is 11.9 Å². The van der Waals surface area contributed by atoms with Gasteiger partial charge >= 0.3 is 0 Å². The molecule has 198 valence electrons. The van der Waals surface area contributed by atoms with E-state index in [4.69, 9.17) is 4.74 Å². The van der Waals surface area contributed by atoms with E-state index in [1.165, 1.54) is 29.5 Å². The lowest BCUT2D eigenvalue weighted by atomic mass is 9.84. The fourth-order valence-corrected chi connectivity index (χ4v) is 6.50. The summed E-state index contributed by atoms with van der Waals surface area (Å²) in [5.74, 6) is -2.52. The summed E-state index contributed by atoms with van der Waals surface area (Å²) in [6.45, 7) is 2.98. The van der Waals surface area contributed by atoms with E-state index in [1.54, 1.807) is 0 Å². The lowest BCUT2D eigenvalue weighted by Gasteiger charge is -2.33. The third-order valence-corrected chi connectivity index (χ3v) is 8.80. The lowest BCUT2D eigenvalue weighted by molar-refractivity contribution is -0.134. The minimum atomic E-state index is -2.58. The van der Waals surface area contributed by atoms with Crippen molar-refractivity contribution >= 4 is 17.2 Å². The first-order valence-electron chi connectivity index (χ1n) is 13.0. The van der Waals surface area contributed by atoms with Crippen LogP contribution in [-0.2, 0) is 31.1 Å². The fourth-order valence-electron chi connectivity index (χ4n) is 5.49. The molecule has 0 aromatic carbocycles. The van der Waals surface area contributed by atoms with Crippen LogP contribution in [0.4, 0.5) is 13.2 Å². The van der Waals surface area contributed by atoms with Crippen LogP contribution < -0.4 is 10.1 Å². The number of carbonyl (C=O) groups excluding carboxylic acids is 1. The van der Waals surface area contributed by atoms with Crippen LogP contribution in [0.25, 0.3) is 0 Å². The Balaban J connectivity index is 0.990. The SMILES string of the molecule is Cn1ncc(CC(=O)NC2CCC(CCN3CCc4nc(OC5CC(F)(F)C5)sc4CC3)CC2)c1F. The summed E-state index contributed by atoms with van der Waals surface area (Å²) in [5.41, 5.74) is 1.39. The van der Waals surface area contributed by atoms with Crippen molar-refractivity contribution in [1.82, 2.24) is 25.0 Å². The van der Waals surface area contributed by atoms with Gasteiger partial charge in [0.2, 0.25) is 11.9 Å². The molecule has 5 rings (SSSR count). The number of rotatable bonds is 8. The lowest BCUT2D eigenvalue weighted by Crippen LogP contribution is -2.43. The Morgan fingerprint density at radius 1 is 1.22 bits per heavy atom. The molecule has 2 fully saturated rings. The maximum atomic E-state index is 13.9. The van der Waals surface area contributed by atoms with Crippen LogP contribution in [-0.4, -0.2) is 63.3 Å². The Morgan fingerprint density at radius 3 is 2.67 bits per heavy atom. The van der Waals surface area contributed by atoms with E-state index < -0.39 is 18.0 Å². The number of aryl methyl sites for hydroxylation is 1. The van der Waals surface area contributed by atoms with E-state index in [9.17, 15) is 18.0 Å². The van der Waals surface area contributed by atoms with Crippen molar-refractivity contribution in [3.63, 3.8) is 0 Å². The number of nitrogens with one attached hydrogen (secondary N) is 1. The molecule has 1 amide bonds. The number of alkyl halides is 2. The van der Waals surface area contributed by atoms with E-state index in [-0.39, 0.29) is 31.2 Å². The third kappa shape index (κ3) is 6.22. The highest BCUT2D eigenvalue weighted by Crippen LogP contribution is 2.41. The first-order chi connectivity index (χ1) is 17.2. The van der Waals surface area contributed by atoms with Crippen LogP contribution in [0.15, 0.2) is 6.20 Å². The number of hydrogen-bond donors (Lipinski definition) is 1. The zero-order valence-electron chi connectivity index (χ0n) is 20.6. The predicted octanol–water partition coefficient (Wildman–Crippen LogP) is 3.90. The van der Waals surface area contributed by atoms with Crippen molar-refractivity contribution in [3.05, 3.63) is 28.3 Å². The summed E-state index contributed by atoms with van der Waals surface area (Å²) >= 11 is 1.52. The van der Waals surface area contributed by atoms with Crippen LogP contribution in [0.2, 0.25) is 0 Å². The molecule has 3 heterocycles. The van der Waals surface area contributed by atoms with E-state index >= 15 is 0 Å². The molecule has 2 aliphatic carbocycles. The highest BCUT2D eigenvalue weighted by Gasteiger charge is 2.47. The summed E-state index contributed by atoms with van der Waals surface area (Å²) < 4.78 is 46.8. The fraction of sp³-hybridized carbons (Fsp3) is 0.720. The quantitative estimate of drug-likeness (QED) is 0.566. The number of ether oxygens (including phenoxy) is 1. The Bertz CT molecular complexity index is 1030. The second-order valence-electron chi connectivity index (χ2n) is 10.5. The van der Waals surface area contributed by atoms with E-state index in [1.807, 2.05) is 0 Å². The van der Waals surface area contributed by atoms with Crippen LogP contribution in [0.3, 0.4) is 0 Å². The normalized spacial score (nSPS) is 24.6. The zero-order valence-corrected chi connectivity index (χ0v) is 21.5. The van der Waals surface area contributed by atoms with Gasteiger partial charge in [0.25, 0.3) is 11.1 Å². The molecule has 11 heteroatoms. The summed E-state index contributed by atoms with van der Waals surface area (Å²) in [4.78, 5) is 20.6. The molecule has 1 N–H and O–H groups in total. The Labute approximate surface area is 213 Å². The summed E-state index contributed by atoms with van der Waals surface area (Å²) in [6.07, 6.45) is 7.67. The number of thiazole rings is 1. The number of aromatic nitrogens is 3. The molecule has 2 saturated carbocycles. The molecule has 0 radical (unpaired) electrons. The molecule has 0 atom stereocenters. The Kier molecular flexibility index (Phi) is 7.57. The highest BCUT2D eigenvalue weighted by molar-refractivity contribution is 7.13. The monoisotopic (exact) mass is 525 g/mol. The molecule has 0 bridgehead atoms. The molecule has 0 spiro atoms. The van der Waals surface area contributed by atoms with Crippen LogP contribution >= 0.6 is 11.3 Å². The number of nitrogens with zero attached hydrogens (tertiary/aromatic N) is 4. The molecule has 3 aliphatic rings. The van der Waals surface area contributed by atoms with Gasteiger partial charge in [0, 0.05) is 55.9 Å². The largest absolute Gasteiger partial charge is 0.466 e. The molecule has 1 aliphatic heterocycles. The van der Waals surface area contributed by atoms with E-state index in [2.05, 4.69) is 20.3 Å². The van der Waals surface area contributed by atoms with Crippen LogP contribution in [0.5, 0.6) is 5.19 Å². The van der Waals surface area contributed by atoms with Gasteiger partial charge in [0.05, 0.1) is 18.3 Å². The van der Waals surface area contributed by atoms with Crippen LogP contribution in [0.1, 0.15) is 61.1 Å². The molecule has 2 aromatic rings. The van der Waals surface area contributed by atoms with Crippen molar-refractivity contribution in [1.29, 1.82) is 0 Å². The summed E-state index contributed by atoms with van der Waals surface area (Å²) in [7, 11) is 1.52. The van der Waals surface area contributed by atoms with Gasteiger partial charge in [-0.1, -0.05) is 11.3 Å². The predicted molar refractivity (Wildman–Crippen MR) is 130 cm³/mol. The van der Waals surface area contributed by atoms with Crippen molar-refractivity contribution in [2.24, 2.45) is 13.0 Å². The number of carbonyl (C=O) groups is 1. The minimum absolute atomic E-state index is 0.0268. The molecule has 36 heavy (non-hydrogen) atoms. The first-order valence-corrected chi connectivity index (χ1v) is 13.8. The molecule has 7 nitrogen and oxygen atoms in total. The molecule has 2 aromatic heterocycles. The van der Waals surface area contributed by atoms with E-state index in [0.29, 0.717) is 16.7 Å². The Morgan fingerprint density at radius 2 is 1.97 bits per heavy atom. The van der Waals surface area contributed by atoms with Crippen molar-refractivity contribution < 1.29 is 22.7 Å². The van der Waals surface area contributed by atoms with Gasteiger partial charge < -0.3 is 15.0 Å². The Hall–Kier alpha value is -2.14. The molecular weight excluding hydrogens is 491 g/mol. The second-order valence-corrected chi connectivity index (χ2v) is 11.6. The van der Waals surface area contributed by atoms with E-state index in [0.717, 1.165) is 75.0 Å². The summed E-state index contributed by atoms with van der Waals surface area (Å²) in [5, 5.41) is 7.46. The topological polar surface area (TPSA) is 72.3 Å². The molecule has 0 saturated heterocycles. The molecular formula is C25H34F3N5O2S. The average molecular weight is 526 g/mol. The summed E-state index contributed by atoms with van der Waals surface area (Å²) in [6, 6.07) is 0.163. The van der Waals surface area contributed by atoms with Gasteiger partial charge in [-0.3, -0.25) is 4.79 Å². The number of amides is 1. The first kappa shape index (κ1) is 25.5. The second kappa shape index (κ2) is 10.7. The number of halogens is 3. The van der Waals surface area contributed by atoms with Crippen molar-refractivity contribution in [3.8, 4) is 5.19 Å². The van der Waals surface area contributed by atoms with Crippen molar-refractivity contribution in [2.75, 3.05) is 19.6 Å². The van der Waals surface area contributed by atoms with Gasteiger partial charge in [-0.05, 0) is 51.0 Å². The average Bonchev–Trinajstić information content (AvgIpc) is 3.28. The maximum Gasteiger partial charge on any atom is 0.273 e. The van der Waals surface area contributed by atoms with Gasteiger partial charge in [0.1, 0.15) is 6.10 Å². The standard InChI is InChI=1S/C25H34F3N5O2S/c1-32-23(26)17(15-29-32)12-22(34)30-18-4-2-16(3-5-18)6-9-33-10-7-20-21(8-11-33)36-24(31-20)35-19-13-25(27,28)14-19/h15-16,18-19H,2-14H2,1H3,(H,30,34). The van der Waals surface area contributed by atoms with Gasteiger partial charge in [0.15, 0.2) is 0 Å². The van der Waals surface area contributed by atoms with Crippen molar-refractivity contribution in [2.45, 2.75) is 82.3 Å². The maximum absolute atomic E-state index is 13.9. The third-order valence-electron chi connectivity index (χ3n) is 7.75. The van der Waals surface area contributed by atoms with Gasteiger partial charge in [-0.2, -0.15) is 9.49 Å². The minimum Gasteiger partial charge on any atom is -0.466 e. The van der Waals surface area contributed by atoms with Gasteiger partial charge in [-0.15, -0.1) is 0 Å². The smallest absolute Gasteiger partial charge is 0.273 e. The highest BCUT2D eigenvalue weighted by atomic mass is 32.1.